The van der Waals surface area contributed by atoms with Gasteiger partial charge in [0.25, 0.3) is 0 Å². The molecule has 1 heterocycles. The van der Waals surface area contributed by atoms with E-state index in [2.05, 4.69) is 251 Å². The van der Waals surface area contributed by atoms with E-state index in [-0.39, 0.29) is 0 Å². The molecule has 0 aliphatic carbocycles. The third-order valence-corrected chi connectivity index (χ3v) is 10.7. The molecule has 0 saturated carbocycles. The Kier molecular flexibility index (Phi) is 8.86. The average Bonchev–Trinajstić information content (AvgIpc) is 3.62. The molecule has 3 nitrogen and oxygen atoms in total. The van der Waals surface area contributed by atoms with Crippen molar-refractivity contribution in [2.45, 2.75) is 0 Å². The summed E-state index contributed by atoms with van der Waals surface area (Å²) >= 11 is 0. The average molecular weight is 730 g/mol. The first-order valence-electron chi connectivity index (χ1n) is 19.4. The van der Waals surface area contributed by atoms with Crippen LogP contribution in [0.4, 0.5) is 34.1 Å². The molecule has 1 aromatic heterocycles. The first-order valence-corrected chi connectivity index (χ1v) is 19.4. The molecule has 0 N–H and O–H groups in total. The highest BCUT2D eigenvalue weighted by atomic mass is 15.2. The van der Waals surface area contributed by atoms with Crippen LogP contribution >= 0.6 is 0 Å². The smallest absolute Gasteiger partial charge is 0.0547 e. The summed E-state index contributed by atoms with van der Waals surface area (Å²) in [7, 11) is 0. The Morgan fingerprint density at radius 1 is 0.246 bits per heavy atom. The van der Waals surface area contributed by atoms with Crippen molar-refractivity contribution < 1.29 is 0 Å². The summed E-state index contributed by atoms with van der Waals surface area (Å²) < 4.78 is 2.39. The highest BCUT2D eigenvalue weighted by Crippen LogP contribution is 2.44. The van der Waals surface area contributed by atoms with Crippen molar-refractivity contribution in [3.8, 4) is 27.9 Å². The van der Waals surface area contributed by atoms with Gasteiger partial charge in [-0.15, -0.1) is 0 Å². The van der Waals surface area contributed by atoms with Gasteiger partial charge < -0.3 is 14.4 Å². The van der Waals surface area contributed by atoms with Crippen LogP contribution in [-0.4, -0.2) is 4.57 Å². The Morgan fingerprint density at radius 2 is 0.684 bits per heavy atom. The van der Waals surface area contributed by atoms with Gasteiger partial charge in [-0.1, -0.05) is 146 Å². The van der Waals surface area contributed by atoms with Crippen molar-refractivity contribution in [3.05, 3.63) is 237 Å². The molecule has 0 atom stereocenters. The number of anilines is 6. The van der Waals surface area contributed by atoms with Gasteiger partial charge >= 0.3 is 0 Å². The minimum atomic E-state index is 1.06. The van der Waals surface area contributed by atoms with Crippen molar-refractivity contribution in [2.24, 2.45) is 0 Å². The summed E-state index contributed by atoms with van der Waals surface area (Å²) in [6, 6.07) is 84.8. The van der Waals surface area contributed by atoms with E-state index in [1.807, 2.05) is 0 Å². The van der Waals surface area contributed by atoms with Crippen LogP contribution in [0.2, 0.25) is 0 Å². The monoisotopic (exact) mass is 729 g/mol. The summed E-state index contributed by atoms with van der Waals surface area (Å²) in [4.78, 5) is 4.73. The molecule has 0 unspecified atom stereocenters. The Balaban J connectivity index is 1.16. The first kappa shape index (κ1) is 33.9. The summed E-state index contributed by atoms with van der Waals surface area (Å²) in [6.45, 7) is 0. The van der Waals surface area contributed by atoms with Crippen LogP contribution < -0.4 is 9.80 Å². The zero-order chi connectivity index (χ0) is 38.0. The quantitative estimate of drug-likeness (QED) is 0.147. The second-order valence-electron chi connectivity index (χ2n) is 14.3. The van der Waals surface area contributed by atoms with Gasteiger partial charge in [0.1, 0.15) is 0 Å². The van der Waals surface area contributed by atoms with Crippen molar-refractivity contribution >= 4 is 55.9 Å². The van der Waals surface area contributed by atoms with E-state index in [0.29, 0.717) is 0 Å². The van der Waals surface area contributed by atoms with Crippen molar-refractivity contribution in [2.75, 3.05) is 9.80 Å². The lowest BCUT2D eigenvalue weighted by Crippen LogP contribution is -2.13. The third-order valence-electron chi connectivity index (χ3n) is 10.7. The number of hydrogen-bond acceptors (Lipinski definition) is 2. The van der Waals surface area contributed by atoms with Gasteiger partial charge in [0, 0.05) is 50.6 Å². The van der Waals surface area contributed by atoms with Gasteiger partial charge in [0.05, 0.1) is 11.0 Å². The highest BCUT2D eigenvalue weighted by molar-refractivity contribution is 6.10. The largest absolute Gasteiger partial charge is 0.310 e. The van der Waals surface area contributed by atoms with Crippen LogP contribution in [0.1, 0.15) is 0 Å². The summed E-state index contributed by atoms with van der Waals surface area (Å²) in [5, 5.41) is 2.49. The molecule has 270 valence electrons. The lowest BCUT2D eigenvalue weighted by atomic mass is 10.0. The molecular weight excluding hydrogens is 691 g/mol. The number of para-hydroxylation sites is 5. The minimum Gasteiger partial charge on any atom is -0.310 e. The molecule has 10 aromatic rings. The van der Waals surface area contributed by atoms with Crippen LogP contribution in [0.25, 0.3) is 49.7 Å². The standard InChI is InChI=1S/C54H39N3/c1-6-19-40(20-7-1)43-36-49(55(44-22-8-2-9-23-44)45-24-10-3-11-25-45)39-50(37-43)56(46-26-12-4-13-27-46)48-30-18-21-41(35-48)42-33-34-52-51-31-16-17-32-53(51)57(54(52)38-42)47-28-14-5-15-29-47/h1-39H. The Labute approximate surface area is 333 Å². The van der Waals surface area contributed by atoms with E-state index in [9.17, 15) is 0 Å². The number of aromatic nitrogens is 1. The second kappa shape index (κ2) is 14.9. The van der Waals surface area contributed by atoms with E-state index >= 15 is 0 Å². The molecule has 0 radical (unpaired) electrons. The Bertz CT molecular complexity index is 2900. The molecule has 9 aromatic carbocycles. The van der Waals surface area contributed by atoms with E-state index in [1.54, 1.807) is 0 Å². The zero-order valence-electron chi connectivity index (χ0n) is 31.4. The summed E-state index contributed by atoms with van der Waals surface area (Å²) in [5.74, 6) is 0. The molecule has 0 aliphatic rings. The maximum absolute atomic E-state index is 2.39. The number of rotatable bonds is 9. The van der Waals surface area contributed by atoms with Crippen LogP contribution in [0.15, 0.2) is 237 Å². The predicted molar refractivity (Wildman–Crippen MR) is 241 cm³/mol. The fourth-order valence-corrected chi connectivity index (χ4v) is 8.11. The summed E-state index contributed by atoms with van der Waals surface area (Å²) in [5.41, 5.74) is 14.6. The van der Waals surface area contributed by atoms with Crippen LogP contribution in [0.3, 0.4) is 0 Å². The van der Waals surface area contributed by atoms with Gasteiger partial charge in [-0.2, -0.15) is 0 Å². The SMILES string of the molecule is c1ccc(-c2cc(N(c3ccccc3)c3ccccc3)cc(N(c3ccccc3)c3cccc(-c4ccc5c6ccccc6n(-c6ccccc6)c5c4)c3)c2)cc1. The van der Waals surface area contributed by atoms with E-state index in [1.165, 1.54) is 21.8 Å². The van der Waals surface area contributed by atoms with Gasteiger partial charge in [-0.25, -0.2) is 0 Å². The molecule has 10 rings (SSSR count). The van der Waals surface area contributed by atoms with E-state index in [0.717, 1.165) is 62.1 Å². The maximum atomic E-state index is 2.39. The molecule has 0 amide bonds. The number of nitrogens with zero attached hydrogens (tertiary/aromatic N) is 3. The fraction of sp³-hybridized carbons (Fsp3) is 0. The Morgan fingerprint density at radius 3 is 1.30 bits per heavy atom. The molecule has 57 heavy (non-hydrogen) atoms. The van der Waals surface area contributed by atoms with E-state index < -0.39 is 0 Å². The third kappa shape index (κ3) is 6.52. The molecule has 3 heteroatoms. The zero-order valence-corrected chi connectivity index (χ0v) is 31.4. The second-order valence-corrected chi connectivity index (χ2v) is 14.3. The van der Waals surface area contributed by atoms with Gasteiger partial charge in [0.15, 0.2) is 0 Å². The molecule has 0 fully saturated rings. The normalized spacial score (nSPS) is 11.2. The number of hydrogen-bond donors (Lipinski definition) is 0. The number of fused-ring (bicyclic) bond motifs is 3. The molecular formula is C54H39N3. The van der Waals surface area contributed by atoms with Crippen molar-refractivity contribution in [1.29, 1.82) is 0 Å². The van der Waals surface area contributed by atoms with Gasteiger partial charge in [0.2, 0.25) is 0 Å². The first-order chi connectivity index (χ1) is 28.3. The van der Waals surface area contributed by atoms with Crippen LogP contribution in [0.5, 0.6) is 0 Å². The molecule has 0 saturated heterocycles. The van der Waals surface area contributed by atoms with Crippen LogP contribution in [0, 0.1) is 0 Å². The topological polar surface area (TPSA) is 11.4 Å². The van der Waals surface area contributed by atoms with Gasteiger partial charge in [-0.05, 0) is 113 Å². The fourth-order valence-electron chi connectivity index (χ4n) is 8.11. The van der Waals surface area contributed by atoms with Crippen molar-refractivity contribution in [3.63, 3.8) is 0 Å². The molecule has 0 bridgehead atoms. The highest BCUT2D eigenvalue weighted by Gasteiger charge is 2.20. The minimum absolute atomic E-state index is 1.06. The van der Waals surface area contributed by atoms with E-state index in [4.69, 9.17) is 0 Å². The number of benzene rings is 9. The lowest BCUT2D eigenvalue weighted by molar-refractivity contribution is 1.18. The van der Waals surface area contributed by atoms with Crippen molar-refractivity contribution in [1.82, 2.24) is 4.57 Å². The lowest BCUT2D eigenvalue weighted by Gasteiger charge is -2.30. The van der Waals surface area contributed by atoms with Gasteiger partial charge in [-0.3, -0.25) is 0 Å². The molecule has 0 spiro atoms. The summed E-state index contributed by atoms with van der Waals surface area (Å²) in [6.07, 6.45) is 0. The van der Waals surface area contributed by atoms with Crippen LogP contribution in [-0.2, 0) is 0 Å². The Hall–Kier alpha value is -7.62. The maximum Gasteiger partial charge on any atom is 0.0547 e. The molecule has 0 aliphatic heterocycles. The predicted octanol–water partition coefficient (Wildman–Crippen LogP) is 15.1.